The third kappa shape index (κ3) is 3.70. The summed E-state index contributed by atoms with van der Waals surface area (Å²) in [7, 11) is 0. The molecule has 1 aromatic carbocycles. The predicted molar refractivity (Wildman–Crippen MR) is 73.1 cm³/mol. The van der Waals surface area contributed by atoms with E-state index in [1.54, 1.807) is 19.9 Å². The van der Waals surface area contributed by atoms with E-state index in [1.807, 2.05) is 19.1 Å². The van der Waals surface area contributed by atoms with Crippen molar-refractivity contribution < 1.29 is 14.6 Å². The summed E-state index contributed by atoms with van der Waals surface area (Å²) in [6, 6.07) is 5.92. The van der Waals surface area contributed by atoms with Crippen molar-refractivity contribution in [1.82, 2.24) is 5.32 Å². The highest BCUT2D eigenvalue weighted by molar-refractivity contribution is 5.81. The lowest BCUT2D eigenvalue weighted by molar-refractivity contribution is -0.127. The number of rotatable bonds is 5. The topological polar surface area (TPSA) is 58.6 Å². The standard InChI is InChI=1S/C15H21NO3/c1-9-4-7-14(13(8-9)10(2)17)19-11(3)15(18)16-12-5-6-12/h4,7-8,10-12,17H,5-6H2,1-3H3,(H,16,18)/t10-,11?/m1/s1. The minimum absolute atomic E-state index is 0.0976. The lowest BCUT2D eigenvalue weighted by Gasteiger charge is -2.18. The van der Waals surface area contributed by atoms with E-state index in [0.29, 0.717) is 17.4 Å². The minimum Gasteiger partial charge on any atom is -0.481 e. The SMILES string of the molecule is Cc1ccc(OC(C)C(=O)NC2CC2)c([C@@H](C)O)c1. The van der Waals surface area contributed by atoms with Crippen LogP contribution in [0.25, 0.3) is 0 Å². The van der Waals surface area contributed by atoms with Gasteiger partial charge in [0.15, 0.2) is 6.10 Å². The molecule has 0 saturated heterocycles. The molecule has 19 heavy (non-hydrogen) atoms. The molecule has 2 atom stereocenters. The number of ether oxygens (including phenoxy) is 1. The minimum atomic E-state index is -0.617. The number of aliphatic hydroxyl groups is 1. The van der Waals surface area contributed by atoms with E-state index in [-0.39, 0.29) is 5.91 Å². The van der Waals surface area contributed by atoms with Crippen molar-refractivity contribution in [2.45, 2.75) is 51.9 Å². The Kier molecular flexibility index (Phi) is 4.10. The molecule has 2 N–H and O–H groups in total. The number of nitrogens with one attached hydrogen (secondary N) is 1. The van der Waals surface area contributed by atoms with E-state index >= 15 is 0 Å². The first-order valence-corrected chi connectivity index (χ1v) is 6.73. The molecule has 4 heteroatoms. The fraction of sp³-hybridized carbons (Fsp3) is 0.533. The van der Waals surface area contributed by atoms with Crippen molar-refractivity contribution in [2.24, 2.45) is 0 Å². The maximum atomic E-state index is 11.8. The fourth-order valence-electron chi connectivity index (χ4n) is 1.89. The average Bonchev–Trinajstić information content (AvgIpc) is 3.14. The number of benzene rings is 1. The molecule has 0 bridgehead atoms. The second kappa shape index (κ2) is 5.61. The summed E-state index contributed by atoms with van der Waals surface area (Å²) in [5.74, 6) is 0.471. The number of carbonyl (C=O) groups is 1. The highest BCUT2D eigenvalue weighted by Crippen LogP contribution is 2.27. The Morgan fingerprint density at radius 2 is 2.11 bits per heavy atom. The molecule has 0 heterocycles. The molecule has 1 aromatic rings. The monoisotopic (exact) mass is 263 g/mol. The summed E-state index contributed by atoms with van der Waals surface area (Å²) in [6.45, 7) is 5.37. The van der Waals surface area contributed by atoms with Gasteiger partial charge in [0.05, 0.1) is 6.10 Å². The summed E-state index contributed by atoms with van der Waals surface area (Å²) >= 11 is 0. The van der Waals surface area contributed by atoms with Crippen LogP contribution in [-0.4, -0.2) is 23.2 Å². The molecular weight excluding hydrogens is 242 g/mol. The molecule has 1 aliphatic rings. The lowest BCUT2D eigenvalue weighted by Crippen LogP contribution is -2.37. The molecule has 104 valence electrons. The second-order valence-electron chi connectivity index (χ2n) is 5.26. The van der Waals surface area contributed by atoms with Crippen LogP contribution in [0.3, 0.4) is 0 Å². The molecule has 4 nitrogen and oxygen atoms in total. The summed E-state index contributed by atoms with van der Waals surface area (Å²) in [6.07, 6.45) is 0.943. The van der Waals surface area contributed by atoms with Crippen molar-refractivity contribution in [3.63, 3.8) is 0 Å². The number of aliphatic hydroxyl groups excluding tert-OH is 1. The van der Waals surface area contributed by atoms with Crippen LogP contribution in [0.15, 0.2) is 18.2 Å². The van der Waals surface area contributed by atoms with Crippen molar-refractivity contribution in [1.29, 1.82) is 0 Å². The summed E-state index contributed by atoms with van der Waals surface area (Å²) < 4.78 is 5.68. The Hall–Kier alpha value is -1.55. The quantitative estimate of drug-likeness (QED) is 0.855. The Morgan fingerprint density at radius 3 is 2.68 bits per heavy atom. The van der Waals surface area contributed by atoms with Crippen LogP contribution < -0.4 is 10.1 Å². The highest BCUT2D eigenvalue weighted by atomic mass is 16.5. The fourth-order valence-corrected chi connectivity index (χ4v) is 1.89. The van der Waals surface area contributed by atoms with Crippen molar-refractivity contribution in [3.05, 3.63) is 29.3 Å². The molecule has 1 aliphatic carbocycles. The highest BCUT2D eigenvalue weighted by Gasteiger charge is 2.26. The van der Waals surface area contributed by atoms with Crippen LogP contribution in [0.5, 0.6) is 5.75 Å². The van der Waals surface area contributed by atoms with Crippen LogP contribution in [0, 0.1) is 6.92 Å². The van der Waals surface area contributed by atoms with Crippen molar-refractivity contribution in [3.8, 4) is 5.75 Å². The third-order valence-electron chi connectivity index (χ3n) is 3.21. The van der Waals surface area contributed by atoms with Crippen LogP contribution in [0.4, 0.5) is 0 Å². The molecule has 2 rings (SSSR count). The number of aryl methyl sites for hydroxylation is 1. The Balaban J connectivity index is 2.06. The molecule has 1 saturated carbocycles. The van der Waals surface area contributed by atoms with E-state index in [0.717, 1.165) is 18.4 Å². The molecule has 1 amide bonds. The van der Waals surface area contributed by atoms with Gasteiger partial charge in [-0.1, -0.05) is 11.6 Å². The molecule has 0 aliphatic heterocycles. The first-order chi connectivity index (χ1) is 8.97. The maximum Gasteiger partial charge on any atom is 0.260 e. The second-order valence-corrected chi connectivity index (χ2v) is 5.26. The molecule has 1 unspecified atom stereocenters. The number of hydrogen-bond donors (Lipinski definition) is 2. The van der Waals surface area contributed by atoms with Crippen LogP contribution in [-0.2, 0) is 4.79 Å². The van der Waals surface area contributed by atoms with E-state index in [1.165, 1.54) is 0 Å². The van der Waals surface area contributed by atoms with Gasteiger partial charge in [-0.25, -0.2) is 0 Å². The first kappa shape index (κ1) is 13.9. The molecule has 0 spiro atoms. The summed E-state index contributed by atoms with van der Waals surface area (Å²) in [5, 5.41) is 12.7. The third-order valence-corrected chi connectivity index (χ3v) is 3.21. The van der Waals surface area contributed by atoms with Gasteiger partial charge >= 0.3 is 0 Å². The Morgan fingerprint density at radius 1 is 1.42 bits per heavy atom. The van der Waals surface area contributed by atoms with Gasteiger partial charge in [0, 0.05) is 11.6 Å². The zero-order valence-corrected chi connectivity index (χ0v) is 11.6. The maximum absolute atomic E-state index is 11.8. The molecular formula is C15H21NO3. The molecule has 1 fully saturated rings. The van der Waals surface area contributed by atoms with Crippen LogP contribution >= 0.6 is 0 Å². The predicted octanol–water partition coefficient (Wildman–Crippen LogP) is 2.09. The summed E-state index contributed by atoms with van der Waals surface area (Å²) in [4.78, 5) is 11.8. The van der Waals surface area contributed by atoms with E-state index in [4.69, 9.17) is 4.74 Å². The van der Waals surface area contributed by atoms with Gasteiger partial charge in [-0.05, 0) is 45.7 Å². The lowest BCUT2D eigenvalue weighted by atomic mass is 10.1. The van der Waals surface area contributed by atoms with Gasteiger partial charge in [0.2, 0.25) is 0 Å². The van der Waals surface area contributed by atoms with Gasteiger partial charge in [0.25, 0.3) is 5.91 Å². The van der Waals surface area contributed by atoms with Gasteiger partial charge in [-0.15, -0.1) is 0 Å². The normalized spacial score (nSPS) is 17.7. The van der Waals surface area contributed by atoms with Gasteiger partial charge < -0.3 is 15.2 Å². The zero-order valence-electron chi connectivity index (χ0n) is 11.6. The molecule has 0 aromatic heterocycles. The number of carbonyl (C=O) groups excluding carboxylic acids is 1. The molecule has 0 radical (unpaired) electrons. The number of hydrogen-bond acceptors (Lipinski definition) is 3. The number of amides is 1. The Labute approximate surface area is 113 Å². The van der Waals surface area contributed by atoms with Gasteiger partial charge in [-0.3, -0.25) is 4.79 Å². The summed E-state index contributed by atoms with van der Waals surface area (Å²) in [5.41, 5.74) is 1.77. The largest absolute Gasteiger partial charge is 0.481 e. The van der Waals surface area contributed by atoms with E-state index in [9.17, 15) is 9.90 Å². The first-order valence-electron chi connectivity index (χ1n) is 6.73. The average molecular weight is 263 g/mol. The van der Waals surface area contributed by atoms with Gasteiger partial charge in [-0.2, -0.15) is 0 Å². The Bertz CT molecular complexity index is 466. The zero-order chi connectivity index (χ0) is 14.0. The van der Waals surface area contributed by atoms with Crippen molar-refractivity contribution in [2.75, 3.05) is 0 Å². The van der Waals surface area contributed by atoms with Gasteiger partial charge in [0.1, 0.15) is 5.75 Å². The van der Waals surface area contributed by atoms with Crippen LogP contribution in [0.2, 0.25) is 0 Å². The van der Waals surface area contributed by atoms with Crippen molar-refractivity contribution >= 4 is 5.91 Å². The van der Waals surface area contributed by atoms with E-state index < -0.39 is 12.2 Å². The smallest absolute Gasteiger partial charge is 0.260 e. The van der Waals surface area contributed by atoms with Crippen LogP contribution in [0.1, 0.15) is 43.9 Å². The van der Waals surface area contributed by atoms with E-state index in [2.05, 4.69) is 5.32 Å².